The molecule has 0 spiro atoms. The summed E-state index contributed by atoms with van der Waals surface area (Å²) in [4.78, 5) is 87.9. The molecule has 0 radical (unpaired) electrons. The predicted molar refractivity (Wildman–Crippen MR) is 173 cm³/mol. The lowest BCUT2D eigenvalue weighted by Crippen LogP contribution is -2.74. The number of amides is 4. The number of nitrogens with two attached hydrogens (primary N) is 3. The van der Waals surface area contributed by atoms with Crippen LogP contribution in [0, 0.1) is 0 Å². The molecule has 250 valence electrons. The van der Waals surface area contributed by atoms with Crippen LogP contribution in [-0.2, 0) is 36.9 Å². The van der Waals surface area contributed by atoms with E-state index >= 15 is 0 Å². The van der Waals surface area contributed by atoms with Crippen molar-refractivity contribution in [3.8, 4) is 0 Å². The zero-order valence-electron chi connectivity index (χ0n) is 26.1. The Morgan fingerprint density at radius 2 is 1.46 bits per heavy atom. The molecule has 1 fully saturated rings. The van der Waals surface area contributed by atoms with Gasteiger partial charge in [-0.05, 0) is 49.2 Å². The van der Waals surface area contributed by atoms with E-state index in [0.717, 1.165) is 11.8 Å². The highest BCUT2D eigenvalue weighted by atomic mass is 16.4. The largest absolute Gasteiger partial charge is 0.481 e. The second-order valence-corrected chi connectivity index (χ2v) is 11.4. The Morgan fingerprint density at radius 3 is 1.96 bits per heavy atom. The number of rotatable bonds is 13. The molecule has 3 aromatic rings. The van der Waals surface area contributed by atoms with Crippen LogP contribution in [0.15, 0.2) is 89.9 Å². The molecule has 1 heterocycles. The molecule has 15 nitrogen and oxygen atoms in total. The molecule has 4 amide bonds. The van der Waals surface area contributed by atoms with E-state index in [-0.39, 0.29) is 29.5 Å². The quantitative estimate of drug-likeness (QED) is 0.0764. The van der Waals surface area contributed by atoms with Crippen LogP contribution in [0.2, 0.25) is 0 Å². The van der Waals surface area contributed by atoms with Gasteiger partial charge in [0, 0.05) is 18.7 Å². The molecular weight excluding hydrogens is 622 g/mol. The number of carbonyl (C=O) groups is 6. The van der Waals surface area contributed by atoms with Crippen LogP contribution >= 0.6 is 0 Å². The van der Waals surface area contributed by atoms with Crippen LogP contribution in [0.3, 0.4) is 0 Å². The Hall–Kier alpha value is -6.09. The first-order valence-electron chi connectivity index (χ1n) is 14.6. The van der Waals surface area contributed by atoms with E-state index in [1.807, 2.05) is 0 Å². The minimum atomic E-state index is -3.31. The normalized spacial score (nSPS) is 17.7. The Bertz CT molecular complexity index is 1750. The van der Waals surface area contributed by atoms with Gasteiger partial charge in [0.1, 0.15) is 5.54 Å². The van der Waals surface area contributed by atoms with Crippen LogP contribution in [0.5, 0.6) is 0 Å². The summed E-state index contributed by atoms with van der Waals surface area (Å²) in [6, 6.07) is 18.9. The number of imide groups is 1. The summed E-state index contributed by atoms with van der Waals surface area (Å²) < 4.78 is 0. The number of hydrogen-bond acceptors (Lipinski definition) is 8. The molecule has 15 heteroatoms. The Balaban J connectivity index is 1.96. The lowest BCUT2D eigenvalue weighted by atomic mass is 9.89. The zero-order valence-corrected chi connectivity index (χ0v) is 26.1. The smallest absolute Gasteiger partial charge is 0.360 e. The molecule has 1 aliphatic rings. The zero-order chi connectivity index (χ0) is 35.4. The number of carboxylic acid groups (broad SMARTS) is 2. The standard InChI is InChI=1S/C33H35N7O8/c1-20(41)33(29(46)47,39(24-11-7-4-8-12-24)27(44)25(34)17-26(42)43)40-28(45)32(2,18-21-13-15-23(16-14-21)37-30(35)36)38(31(40)48)19-22-9-5-3-6-10-22/h3-16,25H,17-19,34H2,1-2H3,(H,42,43)(H,46,47)(H4,35,36,37)/t25-,32+,33-/m0/s1. The molecular formula is C33H35N7O8. The van der Waals surface area contributed by atoms with Crippen LogP contribution in [0.25, 0.3) is 0 Å². The molecule has 1 saturated heterocycles. The van der Waals surface area contributed by atoms with Gasteiger partial charge in [0.2, 0.25) is 5.91 Å². The van der Waals surface area contributed by atoms with Crippen LogP contribution in [-0.4, -0.2) is 78.8 Å². The summed E-state index contributed by atoms with van der Waals surface area (Å²) in [6.45, 7) is 2.06. The van der Waals surface area contributed by atoms with E-state index in [4.69, 9.17) is 17.2 Å². The van der Waals surface area contributed by atoms with Crippen molar-refractivity contribution in [2.75, 3.05) is 4.90 Å². The van der Waals surface area contributed by atoms with Gasteiger partial charge in [-0.25, -0.2) is 19.5 Å². The maximum atomic E-state index is 14.7. The molecule has 0 unspecified atom stereocenters. The van der Waals surface area contributed by atoms with Gasteiger partial charge >= 0.3 is 18.0 Å². The number of urea groups is 1. The van der Waals surface area contributed by atoms with Crippen molar-refractivity contribution in [1.82, 2.24) is 9.80 Å². The highest BCUT2D eigenvalue weighted by Gasteiger charge is 2.68. The van der Waals surface area contributed by atoms with Gasteiger partial charge in [0.15, 0.2) is 11.7 Å². The highest BCUT2D eigenvalue weighted by molar-refractivity contribution is 6.24. The van der Waals surface area contributed by atoms with Crippen LogP contribution in [0.1, 0.15) is 31.4 Å². The van der Waals surface area contributed by atoms with E-state index in [0.29, 0.717) is 21.7 Å². The monoisotopic (exact) mass is 657 g/mol. The summed E-state index contributed by atoms with van der Waals surface area (Å²) in [7, 11) is 0. The van der Waals surface area contributed by atoms with E-state index in [2.05, 4.69) is 4.99 Å². The summed E-state index contributed by atoms with van der Waals surface area (Å²) >= 11 is 0. The number of Topliss-reactive ketones (excluding diaryl/α,β-unsaturated/α-hetero) is 1. The first kappa shape index (κ1) is 34.8. The number of guanidine groups is 1. The molecule has 3 atom stereocenters. The van der Waals surface area contributed by atoms with Gasteiger partial charge in [-0.1, -0.05) is 60.7 Å². The average Bonchev–Trinajstić information content (AvgIpc) is 3.20. The summed E-state index contributed by atoms with van der Waals surface area (Å²) in [5.41, 5.74) is 13.1. The molecule has 8 N–H and O–H groups in total. The second kappa shape index (κ2) is 13.7. The Morgan fingerprint density at radius 1 is 0.896 bits per heavy atom. The fourth-order valence-electron chi connectivity index (χ4n) is 5.72. The minimum Gasteiger partial charge on any atom is -0.481 e. The third-order valence-corrected chi connectivity index (χ3v) is 7.99. The van der Waals surface area contributed by atoms with Gasteiger partial charge in [0.25, 0.3) is 11.6 Å². The number of nitrogens with zero attached hydrogens (tertiary/aromatic N) is 4. The number of hydrogen-bond donors (Lipinski definition) is 5. The molecule has 0 aromatic heterocycles. The summed E-state index contributed by atoms with van der Waals surface area (Å²) in [6.07, 6.45) is -1.10. The van der Waals surface area contributed by atoms with Crippen molar-refractivity contribution in [2.24, 2.45) is 22.2 Å². The Labute approximate surface area is 275 Å². The van der Waals surface area contributed by atoms with E-state index in [1.54, 1.807) is 60.7 Å². The minimum absolute atomic E-state index is 0.158. The Kier molecular flexibility index (Phi) is 9.94. The number of aliphatic carboxylic acids is 2. The van der Waals surface area contributed by atoms with Crippen LogP contribution in [0.4, 0.5) is 16.2 Å². The number of para-hydroxylation sites is 1. The van der Waals surface area contributed by atoms with E-state index < -0.39 is 59.2 Å². The van der Waals surface area contributed by atoms with Gasteiger partial charge < -0.3 is 32.3 Å². The molecule has 0 bridgehead atoms. The van der Waals surface area contributed by atoms with Crippen molar-refractivity contribution < 1.29 is 39.0 Å². The van der Waals surface area contributed by atoms with Crippen molar-refractivity contribution >= 4 is 52.9 Å². The fourth-order valence-corrected chi connectivity index (χ4v) is 5.72. The van der Waals surface area contributed by atoms with Gasteiger partial charge in [-0.3, -0.25) is 24.1 Å². The lowest BCUT2D eigenvalue weighted by molar-refractivity contribution is -0.162. The number of ketones is 1. The number of carboxylic acids is 2. The third-order valence-electron chi connectivity index (χ3n) is 7.99. The number of aliphatic imine (C=N–C) groups is 1. The molecule has 0 saturated carbocycles. The summed E-state index contributed by atoms with van der Waals surface area (Å²) in [5, 5.41) is 20.3. The first-order valence-corrected chi connectivity index (χ1v) is 14.6. The molecule has 48 heavy (non-hydrogen) atoms. The summed E-state index contributed by atoms with van der Waals surface area (Å²) in [5.74, 6) is -7.40. The molecule has 0 aliphatic carbocycles. The SMILES string of the molecule is CC(=O)[C@@](C(=O)O)(N1C(=O)N(Cc2ccccc2)[C@](C)(Cc2ccc(N=C(N)N)cc2)C1=O)N(C(=O)[C@@H](N)CC(=O)O)c1ccccc1. The maximum Gasteiger partial charge on any atom is 0.360 e. The number of benzene rings is 3. The predicted octanol–water partition coefficient (Wildman–Crippen LogP) is 1.56. The van der Waals surface area contributed by atoms with Gasteiger partial charge in [-0.2, -0.15) is 0 Å². The lowest BCUT2D eigenvalue weighted by Gasteiger charge is -2.43. The van der Waals surface area contributed by atoms with Gasteiger partial charge in [0.05, 0.1) is 18.2 Å². The van der Waals surface area contributed by atoms with Gasteiger partial charge in [-0.15, -0.1) is 0 Å². The first-order chi connectivity index (χ1) is 22.6. The van der Waals surface area contributed by atoms with Crippen LogP contribution < -0.4 is 22.1 Å². The number of carbonyl (C=O) groups excluding carboxylic acids is 4. The molecule has 1 aliphatic heterocycles. The topological polar surface area (TPSA) is 243 Å². The van der Waals surface area contributed by atoms with Crippen molar-refractivity contribution in [2.45, 2.75) is 50.5 Å². The van der Waals surface area contributed by atoms with Crippen molar-refractivity contribution in [3.63, 3.8) is 0 Å². The fraction of sp³-hybridized carbons (Fsp3) is 0.242. The van der Waals surface area contributed by atoms with E-state index in [9.17, 15) is 39.0 Å². The number of anilines is 1. The molecule has 4 rings (SSSR count). The molecule has 3 aromatic carbocycles. The van der Waals surface area contributed by atoms with Crippen molar-refractivity contribution in [3.05, 3.63) is 96.1 Å². The second-order valence-electron chi connectivity index (χ2n) is 11.4. The van der Waals surface area contributed by atoms with Crippen molar-refractivity contribution in [1.29, 1.82) is 0 Å². The maximum absolute atomic E-state index is 14.7. The van der Waals surface area contributed by atoms with E-state index in [1.165, 1.54) is 31.2 Å². The highest BCUT2D eigenvalue weighted by Crippen LogP contribution is 2.41. The average molecular weight is 658 g/mol. The third kappa shape index (κ3) is 6.43.